The summed E-state index contributed by atoms with van der Waals surface area (Å²) in [7, 11) is 0. The molecule has 3 rings (SSSR count). The Balaban J connectivity index is 2.07. The van der Waals surface area contributed by atoms with Crippen molar-refractivity contribution in [1.29, 1.82) is 0 Å². The fraction of sp³-hybridized carbons (Fsp3) is 0.533. The molecule has 0 amide bonds. The number of hydrogen-bond acceptors (Lipinski definition) is 3. The smallest absolute Gasteiger partial charge is 0.304 e. The molecule has 1 N–H and O–H groups in total. The molecule has 0 unspecified atom stereocenters. The van der Waals surface area contributed by atoms with Gasteiger partial charge < -0.3 is 14.6 Å². The number of halogens is 1. The Kier molecular flexibility index (Phi) is 3.40. The summed E-state index contributed by atoms with van der Waals surface area (Å²) in [6.07, 6.45) is 2.88. The maximum Gasteiger partial charge on any atom is 0.304 e. The molecular weight excluding hydrogens is 324 g/mol. The van der Waals surface area contributed by atoms with Gasteiger partial charge in [-0.05, 0) is 52.9 Å². The minimum atomic E-state index is -0.745. The molecule has 0 saturated heterocycles. The lowest BCUT2D eigenvalue weighted by Gasteiger charge is -2.21. The van der Waals surface area contributed by atoms with Crippen LogP contribution in [0.3, 0.4) is 0 Å². The summed E-state index contributed by atoms with van der Waals surface area (Å²) in [5.41, 5.74) is 1.88. The number of carbonyl (C=O) groups is 1. The number of carboxylic acid groups (broad SMARTS) is 1. The lowest BCUT2D eigenvalue weighted by atomic mass is 9.88. The zero-order valence-corrected chi connectivity index (χ0v) is 13.0. The first-order valence-corrected chi connectivity index (χ1v) is 7.64. The molecule has 1 fully saturated rings. The van der Waals surface area contributed by atoms with Gasteiger partial charge in [-0.3, -0.25) is 4.79 Å². The standard InChI is InChI=1S/C15H17BrO4/c1-9-10(15(3-4-15)8-12(17)18)7-11(16)14-13(9)19-5-2-6-20-14/h7H,2-6,8H2,1H3,(H,17,18). The van der Waals surface area contributed by atoms with Crippen molar-refractivity contribution in [1.82, 2.24) is 0 Å². The van der Waals surface area contributed by atoms with E-state index in [1.807, 2.05) is 13.0 Å². The average molecular weight is 341 g/mol. The van der Waals surface area contributed by atoms with Crippen molar-refractivity contribution in [2.24, 2.45) is 0 Å². The van der Waals surface area contributed by atoms with Crippen LogP contribution in [-0.4, -0.2) is 24.3 Å². The number of carboxylic acids is 1. The second kappa shape index (κ2) is 4.95. The predicted molar refractivity (Wildman–Crippen MR) is 77.7 cm³/mol. The summed E-state index contributed by atoms with van der Waals surface area (Å²) < 4.78 is 12.4. The molecule has 1 saturated carbocycles. The molecule has 0 atom stereocenters. The molecule has 0 aromatic heterocycles. The number of ether oxygens (including phenoxy) is 2. The average Bonchev–Trinajstić information content (AvgIpc) is 3.16. The molecular formula is C15H17BrO4. The second-order valence-corrected chi connectivity index (χ2v) is 6.44. The third-order valence-corrected chi connectivity index (χ3v) is 4.72. The van der Waals surface area contributed by atoms with Crippen LogP contribution < -0.4 is 9.47 Å². The van der Waals surface area contributed by atoms with Crippen molar-refractivity contribution in [2.45, 2.75) is 38.0 Å². The zero-order chi connectivity index (χ0) is 14.3. The van der Waals surface area contributed by atoms with Crippen molar-refractivity contribution < 1.29 is 19.4 Å². The second-order valence-electron chi connectivity index (χ2n) is 5.59. The highest BCUT2D eigenvalue weighted by molar-refractivity contribution is 9.10. The molecule has 0 bridgehead atoms. The number of benzene rings is 1. The van der Waals surface area contributed by atoms with Crippen LogP contribution in [0.5, 0.6) is 11.5 Å². The first-order chi connectivity index (χ1) is 9.53. The number of fused-ring (bicyclic) bond motifs is 1. The van der Waals surface area contributed by atoms with Gasteiger partial charge in [0.15, 0.2) is 11.5 Å². The van der Waals surface area contributed by atoms with E-state index in [1.165, 1.54) is 0 Å². The summed E-state index contributed by atoms with van der Waals surface area (Å²) in [5, 5.41) is 9.13. The van der Waals surface area contributed by atoms with Crippen molar-refractivity contribution >= 4 is 21.9 Å². The Bertz CT molecular complexity index is 563. The lowest BCUT2D eigenvalue weighted by Crippen LogP contribution is -2.15. The molecule has 4 nitrogen and oxygen atoms in total. The molecule has 1 aliphatic heterocycles. The van der Waals surface area contributed by atoms with Gasteiger partial charge in [0, 0.05) is 11.8 Å². The SMILES string of the molecule is Cc1c(C2(CC(=O)O)CC2)cc(Br)c2c1OCCCO2. The van der Waals surface area contributed by atoms with Gasteiger partial charge in [-0.1, -0.05) is 0 Å². The fourth-order valence-electron chi connectivity index (χ4n) is 2.95. The van der Waals surface area contributed by atoms with Crippen LogP contribution in [0.4, 0.5) is 0 Å². The Morgan fingerprint density at radius 2 is 2.00 bits per heavy atom. The first-order valence-electron chi connectivity index (χ1n) is 6.84. The molecule has 1 heterocycles. The van der Waals surface area contributed by atoms with Crippen molar-refractivity contribution in [2.75, 3.05) is 13.2 Å². The van der Waals surface area contributed by atoms with Crippen LogP contribution in [0.1, 0.15) is 36.8 Å². The Hall–Kier alpha value is -1.23. The van der Waals surface area contributed by atoms with Gasteiger partial charge in [0.1, 0.15) is 0 Å². The molecule has 1 aliphatic carbocycles. The van der Waals surface area contributed by atoms with Gasteiger partial charge in [0.2, 0.25) is 0 Å². The summed E-state index contributed by atoms with van der Waals surface area (Å²) in [6, 6.07) is 2.01. The maximum atomic E-state index is 11.1. The normalized spacial score (nSPS) is 19.3. The van der Waals surface area contributed by atoms with E-state index < -0.39 is 5.97 Å². The summed E-state index contributed by atoms with van der Waals surface area (Å²) in [5.74, 6) is 0.767. The van der Waals surface area contributed by atoms with E-state index in [-0.39, 0.29) is 11.8 Å². The van der Waals surface area contributed by atoms with Gasteiger partial charge in [-0.25, -0.2) is 0 Å². The molecule has 2 aliphatic rings. The van der Waals surface area contributed by atoms with E-state index in [0.717, 1.165) is 46.4 Å². The predicted octanol–water partition coefficient (Wildman–Crippen LogP) is 3.43. The molecule has 0 spiro atoms. The topological polar surface area (TPSA) is 55.8 Å². The summed E-state index contributed by atoms with van der Waals surface area (Å²) in [6.45, 7) is 3.28. The van der Waals surface area contributed by atoms with Crippen molar-refractivity contribution in [3.05, 3.63) is 21.7 Å². The van der Waals surface area contributed by atoms with E-state index in [4.69, 9.17) is 14.6 Å². The molecule has 5 heteroatoms. The van der Waals surface area contributed by atoms with Gasteiger partial charge in [-0.15, -0.1) is 0 Å². The van der Waals surface area contributed by atoms with Gasteiger partial charge in [0.05, 0.1) is 24.1 Å². The number of hydrogen-bond donors (Lipinski definition) is 1. The Morgan fingerprint density at radius 3 is 2.60 bits per heavy atom. The third kappa shape index (κ3) is 2.28. The minimum absolute atomic E-state index is 0.180. The van der Waals surface area contributed by atoms with Crippen LogP contribution >= 0.6 is 15.9 Å². The van der Waals surface area contributed by atoms with E-state index in [0.29, 0.717) is 13.2 Å². The van der Waals surface area contributed by atoms with E-state index in [1.54, 1.807) is 0 Å². The fourth-order valence-corrected chi connectivity index (χ4v) is 3.47. The molecule has 20 heavy (non-hydrogen) atoms. The van der Waals surface area contributed by atoms with E-state index in [9.17, 15) is 4.79 Å². The van der Waals surface area contributed by atoms with Crippen molar-refractivity contribution in [3.63, 3.8) is 0 Å². The monoisotopic (exact) mass is 340 g/mol. The third-order valence-electron chi connectivity index (χ3n) is 4.13. The van der Waals surface area contributed by atoms with Gasteiger partial charge in [0.25, 0.3) is 0 Å². The Labute approximate surface area is 126 Å². The number of aliphatic carboxylic acids is 1. The minimum Gasteiger partial charge on any atom is -0.489 e. The highest BCUT2D eigenvalue weighted by atomic mass is 79.9. The largest absolute Gasteiger partial charge is 0.489 e. The summed E-state index contributed by atoms with van der Waals surface area (Å²) in [4.78, 5) is 11.1. The number of rotatable bonds is 3. The van der Waals surface area contributed by atoms with Crippen molar-refractivity contribution in [3.8, 4) is 11.5 Å². The highest BCUT2D eigenvalue weighted by Gasteiger charge is 2.47. The van der Waals surface area contributed by atoms with Crippen LogP contribution in [0, 0.1) is 6.92 Å². The zero-order valence-electron chi connectivity index (χ0n) is 11.4. The Morgan fingerprint density at radius 1 is 1.35 bits per heavy atom. The van der Waals surface area contributed by atoms with Crippen LogP contribution in [0.25, 0.3) is 0 Å². The molecule has 1 aromatic carbocycles. The first kappa shape index (κ1) is 13.7. The van der Waals surface area contributed by atoms with Gasteiger partial charge >= 0.3 is 5.97 Å². The molecule has 1 aromatic rings. The molecule has 0 radical (unpaired) electrons. The highest BCUT2D eigenvalue weighted by Crippen LogP contribution is 2.55. The van der Waals surface area contributed by atoms with Crippen LogP contribution in [0.15, 0.2) is 10.5 Å². The maximum absolute atomic E-state index is 11.1. The lowest BCUT2D eigenvalue weighted by molar-refractivity contribution is -0.137. The van der Waals surface area contributed by atoms with Crippen LogP contribution in [-0.2, 0) is 10.2 Å². The quantitative estimate of drug-likeness (QED) is 0.915. The van der Waals surface area contributed by atoms with Gasteiger partial charge in [-0.2, -0.15) is 0 Å². The van der Waals surface area contributed by atoms with E-state index in [2.05, 4.69) is 15.9 Å². The summed E-state index contributed by atoms with van der Waals surface area (Å²) >= 11 is 3.54. The molecule has 108 valence electrons. The van der Waals surface area contributed by atoms with E-state index >= 15 is 0 Å². The van der Waals surface area contributed by atoms with Crippen LogP contribution in [0.2, 0.25) is 0 Å².